The monoisotopic (exact) mass is 329 g/mol. The van der Waals surface area contributed by atoms with Crippen molar-refractivity contribution in [2.75, 3.05) is 6.54 Å². The van der Waals surface area contributed by atoms with Gasteiger partial charge in [-0.3, -0.25) is 0 Å². The van der Waals surface area contributed by atoms with Crippen molar-refractivity contribution in [2.45, 2.75) is 11.3 Å². The maximum atomic E-state index is 12.1. The Balaban J connectivity index is 2.00. The Hall–Kier alpha value is -1.07. The van der Waals surface area contributed by atoms with Crippen LogP contribution >= 0.6 is 23.2 Å². The molecule has 0 saturated carbocycles. The van der Waals surface area contributed by atoms with E-state index in [4.69, 9.17) is 23.2 Å². The van der Waals surface area contributed by atoms with Crippen molar-refractivity contribution in [1.29, 1.82) is 0 Å². The number of hydrogen-bond acceptors (Lipinski definition) is 2. The first-order valence-electron chi connectivity index (χ1n) is 5.98. The molecule has 3 nitrogen and oxygen atoms in total. The molecule has 0 aliphatic heterocycles. The van der Waals surface area contributed by atoms with Crippen molar-refractivity contribution in [3.8, 4) is 0 Å². The molecule has 0 aliphatic rings. The van der Waals surface area contributed by atoms with E-state index in [1.165, 1.54) is 6.07 Å². The summed E-state index contributed by atoms with van der Waals surface area (Å²) in [5, 5.41) is 0.872. The van der Waals surface area contributed by atoms with Crippen LogP contribution in [0.4, 0.5) is 0 Å². The number of nitrogens with one attached hydrogen (secondary N) is 1. The highest BCUT2D eigenvalue weighted by Gasteiger charge is 2.16. The van der Waals surface area contributed by atoms with E-state index in [1.807, 2.05) is 12.1 Å². The second kappa shape index (κ2) is 6.59. The Kier molecular flexibility index (Phi) is 5.05. The average Bonchev–Trinajstić information content (AvgIpc) is 2.41. The summed E-state index contributed by atoms with van der Waals surface area (Å²) in [4.78, 5) is 0.0952. The number of rotatable bonds is 5. The minimum absolute atomic E-state index is 0.0952. The van der Waals surface area contributed by atoms with Crippen LogP contribution in [0.25, 0.3) is 0 Å². The second-order valence-corrected chi connectivity index (χ2v) is 6.78. The molecule has 0 unspecified atom stereocenters. The second-order valence-electron chi connectivity index (χ2n) is 4.20. The number of benzene rings is 2. The van der Waals surface area contributed by atoms with Gasteiger partial charge in [0.1, 0.15) is 4.90 Å². The van der Waals surface area contributed by atoms with Gasteiger partial charge in [0.25, 0.3) is 0 Å². The number of sulfonamides is 1. The molecular formula is C14H13Cl2NO2S. The number of halogens is 2. The summed E-state index contributed by atoms with van der Waals surface area (Å²) in [6, 6.07) is 13.6. The van der Waals surface area contributed by atoms with Crippen molar-refractivity contribution >= 4 is 33.2 Å². The minimum Gasteiger partial charge on any atom is -0.211 e. The highest BCUT2D eigenvalue weighted by atomic mass is 35.5. The third-order valence-electron chi connectivity index (χ3n) is 2.75. The fourth-order valence-corrected chi connectivity index (χ4v) is 3.40. The van der Waals surface area contributed by atoms with Crippen molar-refractivity contribution in [3.63, 3.8) is 0 Å². The van der Waals surface area contributed by atoms with E-state index in [0.717, 1.165) is 5.56 Å². The van der Waals surface area contributed by atoms with Gasteiger partial charge in [-0.15, -0.1) is 0 Å². The van der Waals surface area contributed by atoms with Gasteiger partial charge in [0, 0.05) is 11.6 Å². The van der Waals surface area contributed by atoms with Gasteiger partial charge in [0.2, 0.25) is 10.0 Å². The zero-order valence-corrected chi connectivity index (χ0v) is 12.8. The summed E-state index contributed by atoms with van der Waals surface area (Å²) in [5.41, 5.74) is 1.01. The van der Waals surface area contributed by atoms with Gasteiger partial charge in [-0.05, 0) is 36.2 Å². The van der Waals surface area contributed by atoms with E-state index in [2.05, 4.69) is 4.72 Å². The van der Waals surface area contributed by atoms with Gasteiger partial charge >= 0.3 is 0 Å². The molecule has 0 spiro atoms. The SMILES string of the molecule is O=S(=O)(NCCc1ccc(Cl)cc1)c1ccccc1Cl. The molecular weight excluding hydrogens is 317 g/mol. The van der Waals surface area contributed by atoms with Gasteiger partial charge in [0.05, 0.1) is 5.02 Å². The number of hydrogen-bond donors (Lipinski definition) is 1. The van der Waals surface area contributed by atoms with Crippen molar-refractivity contribution < 1.29 is 8.42 Å². The van der Waals surface area contributed by atoms with Crippen LogP contribution in [0, 0.1) is 0 Å². The predicted octanol–water partition coefficient (Wildman–Crippen LogP) is 3.51. The van der Waals surface area contributed by atoms with Gasteiger partial charge in [-0.1, -0.05) is 47.5 Å². The first-order chi connectivity index (χ1) is 9.49. The fourth-order valence-electron chi connectivity index (χ4n) is 1.72. The van der Waals surface area contributed by atoms with Gasteiger partial charge in [-0.25, -0.2) is 13.1 Å². The lowest BCUT2D eigenvalue weighted by Gasteiger charge is -2.08. The van der Waals surface area contributed by atoms with Gasteiger partial charge in [0.15, 0.2) is 0 Å². The maximum absolute atomic E-state index is 12.1. The lowest BCUT2D eigenvalue weighted by atomic mass is 10.2. The normalized spacial score (nSPS) is 11.5. The lowest BCUT2D eigenvalue weighted by Crippen LogP contribution is -2.26. The van der Waals surface area contributed by atoms with Crippen molar-refractivity contribution in [1.82, 2.24) is 4.72 Å². The zero-order chi connectivity index (χ0) is 14.6. The molecule has 0 saturated heterocycles. The first kappa shape index (κ1) is 15.3. The topological polar surface area (TPSA) is 46.2 Å². The van der Waals surface area contributed by atoms with Crippen LogP contribution in [0.5, 0.6) is 0 Å². The Morgan fingerprint density at radius 2 is 1.60 bits per heavy atom. The van der Waals surface area contributed by atoms with Gasteiger partial charge < -0.3 is 0 Å². The summed E-state index contributed by atoms with van der Waals surface area (Å²) >= 11 is 11.7. The molecule has 0 radical (unpaired) electrons. The summed E-state index contributed by atoms with van der Waals surface area (Å²) in [5.74, 6) is 0. The first-order valence-corrected chi connectivity index (χ1v) is 8.21. The molecule has 0 amide bonds. The van der Waals surface area contributed by atoms with Crippen LogP contribution < -0.4 is 4.72 Å². The average molecular weight is 330 g/mol. The third kappa shape index (κ3) is 3.96. The van der Waals surface area contributed by atoms with Crippen LogP contribution in [0.3, 0.4) is 0 Å². The molecule has 2 aromatic carbocycles. The van der Waals surface area contributed by atoms with Crippen LogP contribution in [-0.2, 0) is 16.4 Å². The highest BCUT2D eigenvalue weighted by Crippen LogP contribution is 2.20. The van der Waals surface area contributed by atoms with E-state index < -0.39 is 10.0 Å². The Morgan fingerprint density at radius 3 is 2.25 bits per heavy atom. The smallest absolute Gasteiger partial charge is 0.211 e. The van der Waals surface area contributed by atoms with Crippen LogP contribution in [0.2, 0.25) is 10.0 Å². The third-order valence-corrected chi connectivity index (χ3v) is 4.96. The summed E-state index contributed by atoms with van der Waals surface area (Å²) in [7, 11) is -3.58. The van der Waals surface area contributed by atoms with Crippen LogP contribution in [0.1, 0.15) is 5.56 Å². The van der Waals surface area contributed by atoms with E-state index in [0.29, 0.717) is 18.0 Å². The van der Waals surface area contributed by atoms with E-state index >= 15 is 0 Å². The minimum atomic E-state index is -3.58. The summed E-state index contributed by atoms with van der Waals surface area (Å²) in [6.45, 7) is 0.301. The highest BCUT2D eigenvalue weighted by molar-refractivity contribution is 7.89. The predicted molar refractivity (Wildman–Crippen MR) is 81.8 cm³/mol. The molecule has 0 bridgehead atoms. The van der Waals surface area contributed by atoms with Crippen molar-refractivity contribution in [2.24, 2.45) is 0 Å². The van der Waals surface area contributed by atoms with Crippen LogP contribution in [0.15, 0.2) is 53.4 Å². The Morgan fingerprint density at radius 1 is 0.950 bits per heavy atom. The quantitative estimate of drug-likeness (QED) is 0.912. The Labute approximate surface area is 128 Å². The molecule has 106 valence electrons. The Bertz CT molecular complexity index is 685. The van der Waals surface area contributed by atoms with Gasteiger partial charge in [-0.2, -0.15) is 0 Å². The largest absolute Gasteiger partial charge is 0.242 e. The van der Waals surface area contributed by atoms with E-state index in [9.17, 15) is 8.42 Å². The molecule has 20 heavy (non-hydrogen) atoms. The zero-order valence-electron chi connectivity index (χ0n) is 10.5. The molecule has 2 aromatic rings. The molecule has 0 fully saturated rings. The lowest BCUT2D eigenvalue weighted by molar-refractivity contribution is 0.581. The summed E-state index contributed by atoms with van der Waals surface area (Å²) < 4.78 is 26.7. The maximum Gasteiger partial charge on any atom is 0.242 e. The molecule has 1 N–H and O–H groups in total. The van der Waals surface area contributed by atoms with E-state index in [-0.39, 0.29) is 9.92 Å². The molecule has 0 atom stereocenters. The molecule has 0 aliphatic carbocycles. The standard InChI is InChI=1S/C14H13Cl2NO2S/c15-12-7-5-11(6-8-12)9-10-17-20(18,19)14-4-2-1-3-13(14)16/h1-8,17H,9-10H2. The molecule has 6 heteroatoms. The summed E-state index contributed by atoms with van der Waals surface area (Å²) in [6.07, 6.45) is 0.584. The molecule has 2 rings (SSSR count). The van der Waals surface area contributed by atoms with E-state index in [1.54, 1.807) is 30.3 Å². The van der Waals surface area contributed by atoms with Crippen LogP contribution in [-0.4, -0.2) is 15.0 Å². The fraction of sp³-hybridized carbons (Fsp3) is 0.143. The van der Waals surface area contributed by atoms with Crippen molar-refractivity contribution in [3.05, 3.63) is 64.1 Å². The molecule has 0 heterocycles. The molecule has 0 aromatic heterocycles.